The Labute approximate surface area is 180 Å². The quantitative estimate of drug-likeness (QED) is 0.365. The van der Waals surface area contributed by atoms with Crippen molar-refractivity contribution >= 4 is 21.6 Å². The van der Waals surface area contributed by atoms with Crippen molar-refractivity contribution in [1.82, 2.24) is 9.55 Å². The Morgan fingerprint density at radius 2 is 1.80 bits per heavy atom. The van der Waals surface area contributed by atoms with E-state index in [4.69, 9.17) is 4.74 Å². The standard InChI is InChI=1S/C25H26N2O2S/c1-4-13-29-21-11-9-20(10-12-21)22-15-30-24-23(22)25(28)27(16-26-24)14-18-5-7-19(8-6-18)17(2)3/h5-12,15-17H,4,13-14H2,1-3H3. The summed E-state index contributed by atoms with van der Waals surface area (Å²) in [4.78, 5) is 18.6. The van der Waals surface area contributed by atoms with Crippen LogP contribution in [-0.4, -0.2) is 16.2 Å². The van der Waals surface area contributed by atoms with E-state index in [9.17, 15) is 4.79 Å². The number of fused-ring (bicyclic) bond motifs is 1. The summed E-state index contributed by atoms with van der Waals surface area (Å²) < 4.78 is 7.37. The number of ether oxygens (including phenoxy) is 1. The lowest BCUT2D eigenvalue weighted by Gasteiger charge is -2.09. The smallest absolute Gasteiger partial charge is 0.263 e. The Hall–Kier alpha value is -2.92. The minimum atomic E-state index is -0.00417. The molecule has 0 N–H and O–H groups in total. The molecule has 0 spiro atoms. The van der Waals surface area contributed by atoms with E-state index < -0.39 is 0 Å². The highest BCUT2D eigenvalue weighted by atomic mass is 32.1. The van der Waals surface area contributed by atoms with E-state index in [1.54, 1.807) is 10.9 Å². The van der Waals surface area contributed by atoms with Crippen LogP contribution < -0.4 is 10.3 Å². The maximum atomic E-state index is 13.3. The number of nitrogens with zero attached hydrogens (tertiary/aromatic N) is 2. The van der Waals surface area contributed by atoms with E-state index in [2.05, 4.69) is 50.0 Å². The van der Waals surface area contributed by atoms with Gasteiger partial charge >= 0.3 is 0 Å². The SMILES string of the molecule is CCCOc1ccc(-c2csc3ncn(Cc4ccc(C(C)C)cc4)c(=O)c23)cc1. The van der Waals surface area contributed by atoms with Gasteiger partial charge in [0.2, 0.25) is 0 Å². The minimum absolute atomic E-state index is 0.00417. The third kappa shape index (κ3) is 4.17. The molecule has 0 atom stereocenters. The highest BCUT2D eigenvalue weighted by Crippen LogP contribution is 2.31. The highest BCUT2D eigenvalue weighted by Gasteiger charge is 2.14. The van der Waals surface area contributed by atoms with E-state index in [1.165, 1.54) is 16.9 Å². The molecule has 2 aromatic carbocycles. The fourth-order valence-electron chi connectivity index (χ4n) is 3.45. The molecule has 4 aromatic rings. The van der Waals surface area contributed by atoms with Crippen molar-refractivity contribution in [3.63, 3.8) is 0 Å². The van der Waals surface area contributed by atoms with Gasteiger partial charge in [-0.3, -0.25) is 9.36 Å². The molecule has 0 saturated carbocycles. The number of rotatable bonds is 7. The summed E-state index contributed by atoms with van der Waals surface area (Å²) in [6.45, 7) is 7.66. The summed E-state index contributed by atoms with van der Waals surface area (Å²) in [6.07, 6.45) is 2.63. The molecule has 154 valence electrons. The molecule has 2 aromatic heterocycles. The van der Waals surface area contributed by atoms with Gasteiger partial charge < -0.3 is 4.74 Å². The summed E-state index contributed by atoms with van der Waals surface area (Å²) >= 11 is 1.51. The second-order valence-corrected chi connectivity index (χ2v) is 8.63. The predicted molar refractivity (Wildman–Crippen MR) is 125 cm³/mol. The lowest BCUT2D eigenvalue weighted by Crippen LogP contribution is -2.21. The molecule has 0 aliphatic rings. The average Bonchev–Trinajstić information content (AvgIpc) is 3.20. The number of aromatic nitrogens is 2. The van der Waals surface area contributed by atoms with Crippen LogP contribution in [0.1, 0.15) is 44.2 Å². The van der Waals surface area contributed by atoms with Crippen LogP contribution in [-0.2, 0) is 6.54 Å². The number of thiophene rings is 1. The summed E-state index contributed by atoms with van der Waals surface area (Å²) in [5.41, 5.74) is 4.32. The van der Waals surface area contributed by atoms with Crippen LogP contribution in [0, 0.1) is 0 Å². The Balaban J connectivity index is 1.66. The Morgan fingerprint density at radius 3 is 2.47 bits per heavy atom. The molecule has 0 saturated heterocycles. The Bertz CT molecular complexity index is 1190. The van der Waals surface area contributed by atoms with Gasteiger partial charge in [-0.25, -0.2) is 4.98 Å². The van der Waals surface area contributed by atoms with Gasteiger partial charge in [0, 0.05) is 10.9 Å². The molecular weight excluding hydrogens is 392 g/mol. The molecule has 30 heavy (non-hydrogen) atoms. The lowest BCUT2D eigenvalue weighted by molar-refractivity contribution is 0.317. The van der Waals surface area contributed by atoms with E-state index in [-0.39, 0.29) is 5.56 Å². The fourth-order valence-corrected chi connectivity index (χ4v) is 4.35. The lowest BCUT2D eigenvalue weighted by atomic mass is 10.0. The van der Waals surface area contributed by atoms with Gasteiger partial charge in [-0.05, 0) is 41.2 Å². The first kappa shape index (κ1) is 20.4. The zero-order valence-electron chi connectivity index (χ0n) is 17.6. The van der Waals surface area contributed by atoms with E-state index in [0.29, 0.717) is 24.5 Å². The summed E-state index contributed by atoms with van der Waals surface area (Å²) in [5.74, 6) is 1.34. The number of hydrogen-bond acceptors (Lipinski definition) is 4. The van der Waals surface area contributed by atoms with Crippen LogP contribution in [0.5, 0.6) is 5.75 Å². The summed E-state index contributed by atoms with van der Waals surface area (Å²) in [5, 5.41) is 2.70. The third-order valence-electron chi connectivity index (χ3n) is 5.20. The van der Waals surface area contributed by atoms with Crippen molar-refractivity contribution in [1.29, 1.82) is 0 Å². The zero-order chi connectivity index (χ0) is 21.1. The largest absolute Gasteiger partial charge is 0.494 e. The minimum Gasteiger partial charge on any atom is -0.494 e. The molecule has 0 unspecified atom stereocenters. The van der Waals surface area contributed by atoms with Crippen molar-refractivity contribution in [2.45, 2.75) is 39.7 Å². The van der Waals surface area contributed by atoms with Crippen molar-refractivity contribution in [3.05, 3.63) is 81.7 Å². The molecule has 0 fully saturated rings. The first-order valence-corrected chi connectivity index (χ1v) is 11.2. The van der Waals surface area contributed by atoms with Crippen molar-refractivity contribution < 1.29 is 4.74 Å². The highest BCUT2D eigenvalue weighted by molar-refractivity contribution is 7.17. The molecular formula is C25H26N2O2S. The van der Waals surface area contributed by atoms with Gasteiger partial charge in [0.05, 0.1) is 24.9 Å². The Kier molecular flexibility index (Phi) is 6.00. The molecule has 2 heterocycles. The van der Waals surface area contributed by atoms with Crippen LogP contribution in [0.15, 0.2) is 65.0 Å². The maximum absolute atomic E-state index is 13.3. The second-order valence-electron chi connectivity index (χ2n) is 7.78. The molecule has 0 amide bonds. The van der Waals surface area contributed by atoms with Crippen LogP contribution >= 0.6 is 11.3 Å². The predicted octanol–water partition coefficient (Wildman–Crippen LogP) is 6.09. The first-order valence-electron chi connectivity index (χ1n) is 10.4. The topological polar surface area (TPSA) is 44.1 Å². The van der Waals surface area contributed by atoms with Crippen molar-refractivity contribution in [3.8, 4) is 16.9 Å². The van der Waals surface area contributed by atoms with Gasteiger partial charge in [-0.1, -0.05) is 57.2 Å². The van der Waals surface area contributed by atoms with Crippen LogP contribution in [0.3, 0.4) is 0 Å². The van der Waals surface area contributed by atoms with E-state index in [1.807, 2.05) is 29.6 Å². The molecule has 0 aliphatic heterocycles. The third-order valence-corrected chi connectivity index (χ3v) is 6.08. The molecule has 4 rings (SSSR count). The van der Waals surface area contributed by atoms with Gasteiger partial charge in [0.15, 0.2) is 0 Å². The fraction of sp³-hybridized carbons (Fsp3) is 0.280. The van der Waals surface area contributed by atoms with Crippen LogP contribution in [0.25, 0.3) is 21.3 Å². The van der Waals surface area contributed by atoms with Crippen molar-refractivity contribution in [2.75, 3.05) is 6.61 Å². The maximum Gasteiger partial charge on any atom is 0.263 e. The number of benzene rings is 2. The zero-order valence-corrected chi connectivity index (χ0v) is 18.4. The Morgan fingerprint density at radius 1 is 1.07 bits per heavy atom. The molecule has 5 heteroatoms. The van der Waals surface area contributed by atoms with Gasteiger partial charge in [-0.2, -0.15) is 0 Å². The molecule has 0 aliphatic carbocycles. The van der Waals surface area contributed by atoms with Gasteiger partial charge in [0.1, 0.15) is 10.6 Å². The van der Waals surface area contributed by atoms with Gasteiger partial charge in [0.25, 0.3) is 5.56 Å². The van der Waals surface area contributed by atoms with Gasteiger partial charge in [-0.15, -0.1) is 11.3 Å². The van der Waals surface area contributed by atoms with Crippen LogP contribution in [0.4, 0.5) is 0 Å². The molecule has 0 bridgehead atoms. The monoisotopic (exact) mass is 418 g/mol. The second kappa shape index (κ2) is 8.84. The first-order chi connectivity index (χ1) is 14.6. The normalized spacial score (nSPS) is 11.3. The van der Waals surface area contributed by atoms with Crippen LogP contribution in [0.2, 0.25) is 0 Å². The van der Waals surface area contributed by atoms with E-state index in [0.717, 1.165) is 33.7 Å². The van der Waals surface area contributed by atoms with Crippen molar-refractivity contribution in [2.24, 2.45) is 0 Å². The average molecular weight is 419 g/mol. The molecule has 4 nitrogen and oxygen atoms in total. The molecule has 0 radical (unpaired) electrons. The summed E-state index contributed by atoms with van der Waals surface area (Å²) in [6, 6.07) is 16.4. The summed E-state index contributed by atoms with van der Waals surface area (Å²) in [7, 11) is 0. The number of hydrogen-bond donors (Lipinski definition) is 0. The van der Waals surface area contributed by atoms with E-state index >= 15 is 0 Å².